The molecule has 2 aromatic carbocycles. The van der Waals surface area contributed by atoms with Crippen LogP contribution in [0.5, 0.6) is 11.5 Å². The van der Waals surface area contributed by atoms with E-state index in [1.807, 2.05) is 0 Å². The molecule has 0 bridgehead atoms. The van der Waals surface area contributed by atoms with E-state index in [9.17, 15) is 13.5 Å². The highest BCUT2D eigenvalue weighted by atomic mass is 35.5. The third-order valence-electron chi connectivity index (χ3n) is 2.61. The molecule has 0 aromatic heterocycles. The Morgan fingerprint density at radius 1 is 1.24 bits per heavy atom. The number of phenols is 1. The van der Waals surface area contributed by atoms with Crippen LogP contribution in [-0.4, -0.2) is 20.1 Å². The second kappa shape index (κ2) is 6.24. The van der Waals surface area contributed by atoms with E-state index in [2.05, 4.69) is 4.72 Å². The lowest BCUT2D eigenvalue weighted by molar-refractivity contribution is 0.339. The van der Waals surface area contributed by atoms with Crippen LogP contribution in [0.3, 0.4) is 0 Å². The van der Waals surface area contributed by atoms with Gasteiger partial charge in [0, 0.05) is 12.1 Å². The van der Waals surface area contributed by atoms with Gasteiger partial charge in [-0.15, -0.1) is 0 Å². The molecule has 5 nitrogen and oxygen atoms in total. The minimum Gasteiger partial charge on any atom is -0.508 e. The average Bonchev–Trinajstić information content (AvgIpc) is 2.41. The van der Waals surface area contributed by atoms with Crippen molar-refractivity contribution in [1.29, 1.82) is 0 Å². The lowest BCUT2D eigenvalue weighted by atomic mass is 10.3. The number of halogens is 1. The molecule has 112 valence electrons. The molecule has 0 unspecified atom stereocenters. The van der Waals surface area contributed by atoms with E-state index in [0.717, 1.165) is 0 Å². The van der Waals surface area contributed by atoms with E-state index >= 15 is 0 Å². The third kappa shape index (κ3) is 3.80. The minimum atomic E-state index is -3.79. The fraction of sp³-hybridized carbons (Fsp3) is 0.143. The predicted molar refractivity (Wildman–Crippen MR) is 81.5 cm³/mol. The Bertz CT molecular complexity index is 746. The average molecular weight is 328 g/mol. The molecule has 0 atom stereocenters. The molecular formula is C14H14ClNO4S. The van der Waals surface area contributed by atoms with Gasteiger partial charge in [0.25, 0.3) is 10.0 Å². The van der Waals surface area contributed by atoms with E-state index in [4.69, 9.17) is 16.3 Å². The zero-order chi connectivity index (χ0) is 15.5. The summed E-state index contributed by atoms with van der Waals surface area (Å²) >= 11 is 5.93. The SMILES string of the molecule is CCOc1cc(S(=O)(=O)Nc2cccc(O)c2)ccc1Cl. The number of anilines is 1. The molecule has 21 heavy (non-hydrogen) atoms. The first-order valence-electron chi connectivity index (χ1n) is 6.16. The minimum absolute atomic E-state index is 0.0266. The monoisotopic (exact) mass is 327 g/mol. The molecule has 2 aromatic rings. The molecule has 0 aliphatic rings. The number of hydrogen-bond donors (Lipinski definition) is 2. The first-order valence-corrected chi connectivity index (χ1v) is 8.02. The van der Waals surface area contributed by atoms with Crippen molar-refractivity contribution in [3.63, 3.8) is 0 Å². The summed E-state index contributed by atoms with van der Waals surface area (Å²) in [7, 11) is -3.79. The van der Waals surface area contributed by atoms with E-state index in [-0.39, 0.29) is 16.3 Å². The van der Waals surface area contributed by atoms with Crippen molar-refractivity contribution in [2.75, 3.05) is 11.3 Å². The van der Waals surface area contributed by atoms with Crippen molar-refractivity contribution in [3.05, 3.63) is 47.5 Å². The molecule has 0 radical (unpaired) electrons. The lowest BCUT2D eigenvalue weighted by Crippen LogP contribution is -2.13. The Labute approximate surface area is 128 Å². The summed E-state index contributed by atoms with van der Waals surface area (Å²) in [5.74, 6) is 0.277. The van der Waals surface area contributed by atoms with Gasteiger partial charge in [0.15, 0.2) is 0 Å². The summed E-state index contributed by atoms with van der Waals surface area (Å²) in [5.41, 5.74) is 0.267. The molecular weight excluding hydrogens is 314 g/mol. The fourth-order valence-corrected chi connectivity index (χ4v) is 2.94. The highest BCUT2D eigenvalue weighted by molar-refractivity contribution is 7.92. The van der Waals surface area contributed by atoms with Gasteiger partial charge in [-0.25, -0.2) is 8.42 Å². The number of sulfonamides is 1. The van der Waals surface area contributed by atoms with Crippen LogP contribution in [0, 0.1) is 0 Å². The molecule has 0 saturated carbocycles. The number of phenolic OH excluding ortho intramolecular Hbond substituents is 1. The Morgan fingerprint density at radius 2 is 2.00 bits per heavy atom. The molecule has 0 heterocycles. The second-order valence-corrected chi connectivity index (χ2v) is 6.27. The maximum absolute atomic E-state index is 12.3. The van der Waals surface area contributed by atoms with Gasteiger partial charge in [-0.2, -0.15) is 0 Å². The molecule has 0 spiro atoms. The number of rotatable bonds is 5. The van der Waals surface area contributed by atoms with Crippen LogP contribution in [0.4, 0.5) is 5.69 Å². The number of aromatic hydroxyl groups is 1. The van der Waals surface area contributed by atoms with Gasteiger partial charge in [-0.05, 0) is 31.2 Å². The summed E-state index contributed by atoms with van der Waals surface area (Å²) in [5, 5.41) is 9.70. The molecule has 0 saturated heterocycles. The summed E-state index contributed by atoms with van der Waals surface area (Å²) in [6.45, 7) is 2.16. The van der Waals surface area contributed by atoms with Crippen molar-refractivity contribution in [3.8, 4) is 11.5 Å². The molecule has 0 amide bonds. The zero-order valence-corrected chi connectivity index (χ0v) is 12.8. The first kappa shape index (κ1) is 15.5. The van der Waals surface area contributed by atoms with Gasteiger partial charge in [0.2, 0.25) is 0 Å². The van der Waals surface area contributed by atoms with E-state index in [1.54, 1.807) is 13.0 Å². The van der Waals surface area contributed by atoms with Crippen LogP contribution in [0.1, 0.15) is 6.92 Å². The second-order valence-electron chi connectivity index (χ2n) is 4.18. The van der Waals surface area contributed by atoms with Crippen molar-refractivity contribution < 1.29 is 18.3 Å². The standard InChI is InChI=1S/C14H14ClNO4S/c1-2-20-14-9-12(6-7-13(14)15)21(18,19)16-10-4-3-5-11(17)8-10/h3-9,16-17H,2H2,1H3. The molecule has 2 rings (SSSR count). The number of hydrogen-bond acceptors (Lipinski definition) is 4. The number of benzene rings is 2. The van der Waals surface area contributed by atoms with E-state index in [0.29, 0.717) is 17.4 Å². The Balaban J connectivity index is 2.33. The van der Waals surface area contributed by atoms with Crippen LogP contribution in [0.2, 0.25) is 5.02 Å². The van der Waals surface area contributed by atoms with Crippen LogP contribution < -0.4 is 9.46 Å². The predicted octanol–water partition coefficient (Wildman–Crippen LogP) is 3.25. The Hall–Kier alpha value is -1.92. The van der Waals surface area contributed by atoms with Crippen LogP contribution in [-0.2, 0) is 10.0 Å². The van der Waals surface area contributed by atoms with Gasteiger partial charge in [-0.3, -0.25) is 4.72 Å². The van der Waals surface area contributed by atoms with Gasteiger partial charge in [0.05, 0.1) is 22.2 Å². The summed E-state index contributed by atoms with van der Waals surface area (Å²) in [4.78, 5) is 0.0266. The maximum Gasteiger partial charge on any atom is 0.262 e. The maximum atomic E-state index is 12.3. The Morgan fingerprint density at radius 3 is 2.67 bits per heavy atom. The number of nitrogens with one attached hydrogen (secondary N) is 1. The van der Waals surface area contributed by atoms with E-state index < -0.39 is 10.0 Å². The van der Waals surface area contributed by atoms with Gasteiger partial charge in [-0.1, -0.05) is 17.7 Å². The van der Waals surface area contributed by atoms with Crippen molar-refractivity contribution >= 4 is 27.3 Å². The normalized spacial score (nSPS) is 11.1. The quantitative estimate of drug-likeness (QED) is 0.884. The van der Waals surface area contributed by atoms with Gasteiger partial charge < -0.3 is 9.84 Å². The van der Waals surface area contributed by atoms with E-state index in [1.165, 1.54) is 36.4 Å². The molecule has 7 heteroatoms. The first-order chi connectivity index (χ1) is 9.92. The smallest absolute Gasteiger partial charge is 0.262 e. The van der Waals surface area contributed by atoms with Crippen molar-refractivity contribution in [2.24, 2.45) is 0 Å². The lowest BCUT2D eigenvalue weighted by Gasteiger charge is -2.11. The largest absolute Gasteiger partial charge is 0.508 e. The van der Waals surface area contributed by atoms with Crippen LogP contribution in [0.25, 0.3) is 0 Å². The fourth-order valence-electron chi connectivity index (χ4n) is 1.70. The number of ether oxygens (including phenoxy) is 1. The summed E-state index contributed by atoms with van der Waals surface area (Å²) < 4.78 is 32.2. The Kier molecular flexibility index (Phi) is 4.59. The summed E-state index contributed by atoms with van der Waals surface area (Å²) in [6.07, 6.45) is 0. The van der Waals surface area contributed by atoms with Crippen molar-refractivity contribution in [1.82, 2.24) is 0 Å². The highest BCUT2D eigenvalue weighted by Gasteiger charge is 2.16. The topological polar surface area (TPSA) is 75.6 Å². The molecule has 0 fully saturated rings. The van der Waals surface area contributed by atoms with Crippen LogP contribution in [0.15, 0.2) is 47.4 Å². The van der Waals surface area contributed by atoms with Gasteiger partial charge >= 0.3 is 0 Å². The zero-order valence-electron chi connectivity index (χ0n) is 11.2. The molecule has 0 aliphatic heterocycles. The van der Waals surface area contributed by atoms with Crippen molar-refractivity contribution in [2.45, 2.75) is 11.8 Å². The molecule has 2 N–H and O–H groups in total. The summed E-state index contributed by atoms with van der Waals surface area (Å²) in [6, 6.07) is 10.1. The molecule has 0 aliphatic carbocycles. The van der Waals surface area contributed by atoms with Gasteiger partial charge in [0.1, 0.15) is 11.5 Å². The van der Waals surface area contributed by atoms with Crippen LogP contribution >= 0.6 is 11.6 Å². The highest BCUT2D eigenvalue weighted by Crippen LogP contribution is 2.28. The third-order valence-corrected chi connectivity index (χ3v) is 4.30.